The van der Waals surface area contributed by atoms with Gasteiger partial charge < -0.3 is 49.6 Å². The molecule has 3 aromatic rings. The van der Waals surface area contributed by atoms with Gasteiger partial charge >= 0.3 is 5.97 Å². The fourth-order valence-electron chi connectivity index (χ4n) is 3.96. The molecular weight excluding hydrogens is 464 g/mol. The molecule has 1 aliphatic rings. The Kier molecular flexibility index (Phi) is 6.00. The lowest BCUT2D eigenvalue weighted by atomic mass is 9.93. The summed E-state index contributed by atoms with van der Waals surface area (Å²) in [7, 11) is 2.50. The SMILES string of the molecule is COc1c(O)cc(C(=O)OC2Cc3c(O)cc(O)cc3OC2c2cc(O)c(OC)c(O)c2)cc1O. The second-order valence-corrected chi connectivity index (χ2v) is 7.77. The number of carbonyl (C=O) groups is 1. The molecule has 0 spiro atoms. The van der Waals surface area contributed by atoms with Crippen LogP contribution in [0, 0.1) is 0 Å². The van der Waals surface area contributed by atoms with Crippen LogP contribution in [0.5, 0.6) is 51.7 Å². The first-order valence-electron chi connectivity index (χ1n) is 10.2. The van der Waals surface area contributed by atoms with Crippen molar-refractivity contribution in [2.75, 3.05) is 14.2 Å². The Labute approximate surface area is 198 Å². The van der Waals surface area contributed by atoms with Gasteiger partial charge in [-0.15, -0.1) is 0 Å². The molecule has 6 N–H and O–H groups in total. The van der Waals surface area contributed by atoms with E-state index in [4.69, 9.17) is 18.9 Å². The topological polar surface area (TPSA) is 175 Å². The summed E-state index contributed by atoms with van der Waals surface area (Å²) in [6.07, 6.45) is -2.28. The molecule has 0 saturated heterocycles. The first kappa shape index (κ1) is 23.5. The van der Waals surface area contributed by atoms with Crippen LogP contribution in [0.2, 0.25) is 0 Å². The first-order chi connectivity index (χ1) is 16.6. The second-order valence-electron chi connectivity index (χ2n) is 7.77. The third-order valence-electron chi connectivity index (χ3n) is 5.52. The molecule has 0 bridgehead atoms. The summed E-state index contributed by atoms with van der Waals surface area (Å²) in [5, 5.41) is 60.7. The molecule has 3 aromatic carbocycles. The van der Waals surface area contributed by atoms with Crippen LogP contribution in [0.4, 0.5) is 0 Å². The number of aromatic hydroxyl groups is 6. The number of fused-ring (bicyclic) bond motifs is 1. The molecule has 0 amide bonds. The molecule has 35 heavy (non-hydrogen) atoms. The van der Waals surface area contributed by atoms with Gasteiger partial charge in [0.2, 0.25) is 11.5 Å². The normalized spacial score (nSPS) is 16.6. The van der Waals surface area contributed by atoms with Crippen LogP contribution in [-0.4, -0.2) is 56.9 Å². The molecule has 11 nitrogen and oxygen atoms in total. The smallest absolute Gasteiger partial charge is 0.338 e. The van der Waals surface area contributed by atoms with Crippen LogP contribution < -0.4 is 14.2 Å². The monoisotopic (exact) mass is 486 g/mol. The van der Waals surface area contributed by atoms with Crippen LogP contribution in [0.1, 0.15) is 27.6 Å². The van der Waals surface area contributed by atoms with E-state index in [1.165, 1.54) is 32.4 Å². The highest BCUT2D eigenvalue weighted by molar-refractivity contribution is 5.91. The summed E-state index contributed by atoms with van der Waals surface area (Å²) < 4.78 is 21.3. The van der Waals surface area contributed by atoms with Crippen LogP contribution in [0.25, 0.3) is 0 Å². The highest BCUT2D eigenvalue weighted by Crippen LogP contribution is 2.46. The largest absolute Gasteiger partial charge is 0.508 e. The number of ether oxygens (including phenoxy) is 4. The number of phenols is 6. The third kappa shape index (κ3) is 4.31. The zero-order valence-corrected chi connectivity index (χ0v) is 18.6. The van der Waals surface area contributed by atoms with Crippen molar-refractivity contribution in [3.05, 3.63) is 53.1 Å². The van der Waals surface area contributed by atoms with E-state index < -0.39 is 41.2 Å². The van der Waals surface area contributed by atoms with Gasteiger partial charge in [0.25, 0.3) is 0 Å². The van der Waals surface area contributed by atoms with Gasteiger partial charge in [0.05, 0.1) is 19.8 Å². The maximum Gasteiger partial charge on any atom is 0.338 e. The fraction of sp³-hybridized carbons (Fsp3) is 0.208. The van der Waals surface area contributed by atoms with Crippen LogP contribution in [0.15, 0.2) is 36.4 Å². The second kappa shape index (κ2) is 8.93. The number of phenolic OH excluding ortho intramolecular Hbond substituents is 6. The summed E-state index contributed by atoms with van der Waals surface area (Å²) >= 11 is 0. The molecule has 0 saturated carbocycles. The first-order valence-corrected chi connectivity index (χ1v) is 10.2. The number of carbonyl (C=O) groups excluding carboxylic acids is 1. The average molecular weight is 486 g/mol. The molecule has 11 heteroatoms. The number of hydrogen-bond acceptors (Lipinski definition) is 11. The van der Waals surface area contributed by atoms with Gasteiger partial charge in [-0.05, 0) is 24.3 Å². The van der Waals surface area contributed by atoms with Gasteiger partial charge in [0.15, 0.2) is 29.1 Å². The molecule has 2 unspecified atom stereocenters. The summed E-state index contributed by atoms with van der Waals surface area (Å²) in [4.78, 5) is 12.9. The van der Waals surface area contributed by atoms with Crippen molar-refractivity contribution in [2.24, 2.45) is 0 Å². The molecule has 184 valence electrons. The van der Waals surface area contributed by atoms with E-state index >= 15 is 0 Å². The van der Waals surface area contributed by atoms with E-state index in [2.05, 4.69) is 0 Å². The number of esters is 1. The quantitative estimate of drug-likeness (QED) is 0.292. The number of rotatable bonds is 5. The standard InChI is InChI=1S/C24H22O11/c1-32-22-15(27)3-10(4-16(22)28)21-20(9-13-14(26)7-12(25)8-19(13)34-21)35-24(31)11-5-17(29)23(33-2)18(30)6-11/h3-8,20-21,25-30H,9H2,1-2H3. The minimum Gasteiger partial charge on any atom is -0.508 e. The van der Waals surface area contributed by atoms with E-state index in [-0.39, 0.29) is 51.9 Å². The zero-order valence-electron chi connectivity index (χ0n) is 18.6. The van der Waals surface area contributed by atoms with E-state index in [1.807, 2.05) is 0 Å². The number of benzene rings is 3. The Bertz CT molecular complexity index is 1250. The summed E-state index contributed by atoms with van der Waals surface area (Å²) in [5.41, 5.74) is 0.257. The van der Waals surface area contributed by atoms with Gasteiger partial charge in [-0.1, -0.05) is 0 Å². The van der Waals surface area contributed by atoms with Gasteiger partial charge in [-0.3, -0.25) is 0 Å². The van der Waals surface area contributed by atoms with E-state index in [0.29, 0.717) is 0 Å². The predicted octanol–water partition coefficient (Wildman–Crippen LogP) is 2.84. The molecular formula is C24H22O11. The van der Waals surface area contributed by atoms with Crippen molar-refractivity contribution in [1.29, 1.82) is 0 Å². The Balaban J connectivity index is 1.74. The lowest BCUT2D eigenvalue weighted by molar-refractivity contribution is -0.0189. The molecule has 0 aliphatic carbocycles. The summed E-state index contributed by atoms with van der Waals surface area (Å²) in [5.74, 6) is -3.55. The highest BCUT2D eigenvalue weighted by Gasteiger charge is 2.37. The number of hydrogen-bond donors (Lipinski definition) is 6. The van der Waals surface area contributed by atoms with Gasteiger partial charge in [-0.2, -0.15) is 0 Å². The maximum absolute atomic E-state index is 12.9. The predicted molar refractivity (Wildman–Crippen MR) is 119 cm³/mol. The minimum atomic E-state index is -1.11. The van der Waals surface area contributed by atoms with Crippen molar-refractivity contribution in [3.8, 4) is 51.7 Å². The third-order valence-corrected chi connectivity index (χ3v) is 5.52. The van der Waals surface area contributed by atoms with Crippen LogP contribution in [0.3, 0.4) is 0 Å². The van der Waals surface area contributed by atoms with Crippen molar-refractivity contribution in [2.45, 2.75) is 18.6 Å². The lowest BCUT2D eigenvalue weighted by Gasteiger charge is -2.34. The van der Waals surface area contributed by atoms with Crippen molar-refractivity contribution in [1.82, 2.24) is 0 Å². The molecule has 1 aliphatic heterocycles. The number of methoxy groups -OCH3 is 2. The molecule has 0 aromatic heterocycles. The lowest BCUT2D eigenvalue weighted by Crippen LogP contribution is -2.34. The summed E-state index contributed by atoms with van der Waals surface area (Å²) in [6.45, 7) is 0. The van der Waals surface area contributed by atoms with Crippen molar-refractivity contribution in [3.63, 3.8) is 0 Å². The molecule has 0 radical (unpaired) electrons. The molecule has 1 heterocycles. The van der Waals surface area contributed by atoms with Gasteiger partial charge in [0.1, 0.15) is 23.4 Å². The molecule has 4 rings (SSSR count). The van der Waals surface area contributed by atoms with Crippen LogP contribution in [-0.2, 0) is 11.2 Å². The van der Waals surface area contributed by atoms with Crippen molar-refractivity contribution < 1.29 is 54.4 Å². The zero-order chi connectivity index (χ0) is 25.4. The Morgan fingerprint density at radius 3 is 1.89 bits per heavy atom. The minimum absolute atomic E-state index is 0.0699. The Morgan fingerprint density at radius 1 is 0.800 bits per heavy atom. The van der Waals surface area contributed by atoms with E-state index in [0.717, 1.165) is 18.2 Å². The van der Waals surface area contributed by atoms with Crippen molar-refractivity contribution >= 4 is 5.97 Å². The molecule has 0 fully saturated rings. The van der Waals surface area contributed by atoms with E-state index in [1.54, 1.807) is 0 Å². The Hall–Kier alpha value is -4.67. The highest BCUT2D eigenvalue weighted by atomic mass is 16.6. The molecule has 2 atom stereocenters. The van der Waals surface area contributed by atoms with E-state index in [9.17, 15) is 35.4 Å². The maximum atomic E-state index is 12.9. The van der Waals surface area contributed by atoms with Gasteiger partial charge in [0, 0.05) is 29.7 Å². The average Bonchev–Trinajstić information content (AvgIpc) is 2.78. The Morgan fingerprint density at radius 2 is 1.34 bits per heavy atom. The summed E-state index contributed by atoms with van der Waals surface area (Å²) in [6, 6.07) is 6.97. The fourth-order valence-corrected chi connectivity index (χ4v) is 3.96. The van der Waals surface area contributed by atoms with Crippen LogP contribution >= 0.6 is 0 Å². The van der Waals surface area contributed by atoms with Gasteiger partial charge in [-0.25, -0.2) is 4.79 Å².